The number of carbonyl (C=O) groups excluding carboxylic acids is 1. The molecule has 1 amide bonds. The van der Waals surface area contributed by atoms with Gasteiger partial charge in [0.25, 0.3) is 5.91 Å². The first-order valence-electron chi connectivity index (χ1n) is 11.1. The summed E-state index contributed by atoms with van der Waals surface area (Å²) in [5.41, 5.74) is 3.50. The molecule has 3 rings (SSSR count). The fraction of sp³-hybridized carbons (Fsp3) is 0.417. The number of carbonyl (C=O) groups is 1. The van der Waals surface area contributed by atoms with E-state index in [2.05, 4.69) is 22.4 Å². The van der Waals surface area contributed by atoms with Crippen LogP contribution in [0, 0.1) is 13.8 Å². The Morgan fingerprint density at radius 3 is 2.25 bits per heavy atom. The first-order chi connectivity index (χ1) is 15.3. The lowest BCUT2D eigenvalue weighted by Crippen LogP contribution is -2.33. The first kappa shape index (κ1) is 24.4. The van der Waals surface area contributed by atoms with Gasteiger partial charge in [0.1, 0.15) is 0 Å². The highest BCUT2D eigenvalue weighted by Gasteiger charge is 2.24. The van der Waals surface area contributed by atoms with Crippen LogP contribution in [0.25, 0.3) is 10.2 Å². The number of nitrogens with zero attached hydrogens (tertiary/aromatic N) is 2. The van der Waals surface area contributed by atoms with Gasteiger partial charge < -0.3 is 0 Å². The molecule has 1 N–H and O–H groups in total. The van der Waals surface area contributed by atoms with Crippen LogP contribution in [-0.4, -0.2) is 36.7 Å². The summed E-state index contributed by atoms with van der Waals surface area (Å²) < 4.78 is 28.8. The van der Waals surface area contributed by atoms with Crippen molar-refractivity contribution in [2.45, 2.75) is 58.3 Å². The summed E-state index contributed by atoms with van der Waals surface area (Å²) >= 11 is 1.43. The predicted molar refractivity (Wildman–Crippen MR) is 132 cm³/mol. The summed E-state index contributed by atoms with van der Waals surface area (Å²) in [6.07, 6.45) is 3.51. The summed E-state index contributed by atoms with van der Waals surface area (Å²) in [5, 5.41) is 3.37. The molecule has 3 aromatic rings. The quantitative estimate of drug-likeness (QED) is 0.406. The summed E-state index contributed by atoms with van der Waals surface area (Å²) in [4.78, 5) is 17.5. The van der Waals surface area contributed by atoms with Crippen molar-refractivity contribution in [2.24, 2.45) is 0 Å². The van der Waals surface area contributed by atoms with Gasteiger partial charge in [-0.1, -0.05) is 44.1 Å². The van der Waals surface area contributed by atoms with E-state index < -0.39 is 10.0 Å². The van der Waals surface area contributed by atoms with Gasteiger partial charge in [-0.15, -0.1) is 0 Å². The number of hydrogen-bond acceptors (Lipinski definition) is 5. The van der Waals surface area contributed by atoms with Gasteiger partial charge in [0, 0.05) is 18.7 Å². The van der Waals surface area contributed by atoms with Gasteiger partial charge in [-0.05, 0) is 68.1 Å². The lowest BCUT2D eigenvalue weighted by atomic mass is 10.1. The molecular formula is C24H31N3O3S2. The molecule has 0 atom stereocenters. The van der Waals surface area contributed by atoms with Gasteiger partial charge in [-0.2, -0.15) is 4.31 Å². The number of aryl methyl sites for hydroxylation is 2. The molecule has 0 aliphatic rings. The van der Waals surface area contributed by atoms with Gasteiger partial charge in [-0.3, -0.25) is 10.1 Å². The molecule has 0 fully saturated rings. The number of unbranched alkanes of at least 4 members (excludes halogenated alkanes) is 2. The molecule has 1 aromatic heterocycles. The molecular weight excluding hydrogens is 442 g/mol. The third kappa shape index (κ3) is 5.54. The van der Waals surface area contributed by atoms with Crippen LogP contribution in [0.4, 0.5) is 5.13 Å². The number of anilines is 1. The number of hydrogen-bond donors (Lipinski definition) is 1. The van der Waals surface area contributed by atoms with Gasteiger partial charge in [0.05, 0.1) is 15.1 Å². The predicted octanol–water partition coefficient (Wildman–Crippen LogP) is 5.76. The number of benzene rings is 2. The van der Waals surface area contributed by atoms with Crippen molar-refractivity contribution in [1.29, 1.82) is 0 Å². The highest BCUT2D eigenvalue weighted by molar-refractivity contribution is 7.89. The Hall–Kier alpha value is -2.29. The second-order valence-electron chi connectivity index (χ2n) is 8.04. The Morgan fingerprint density at radius 2 is 1.66 bits per heavy atom. The van der Waals surface area contributed by atoms with Gasteiger partial charge in [-0.25, -0.2) is 13.4 Å². The smallest absolute Gasteiger partial charge is 0.257 e. The van der Waals surface area contributed by atoms with Crippen LogP contribution in [-0.2, 0) is 10.0 Å². The topological polar surface area (TPSA) is 79.4 Å². The van der Waals surface area contributed by atoms with E-state index in [1.807, 2.05) is 27.7 Å². The van der Waals surface area contributed by atoms with E-state index in [0.29, 0.717) is 23.8 Å². The molecule has 1 heterocycles. The molecule has 0 aliphatic heterocycles. The van der Waals surface area contributed by atoms with E-state index in [-0.39, 0.29) is 10.8 Å². The SMILES string of the molecule is CCCCN(CCCC)S(=O)(=O)c1ccc(C(=O)Nc2nc3c(C)cc(C)cc3s2)cc1. The minimum Gasteiger partial charge on any atom is -0.298 e. The zero-order chi connectivity index (χ0) is 23.3. The van der Waals surface area contributed by atoms with Crippen molar-refractivity contribution in [1.82, 2.24) is 9.29 Å². The second kappa shape index (κ2) is 10.6. The van der Waals surface area contributed by atoms with Crippen molar-refractivity contribution in [3.05, 3.63) is 53.1 Å². The van der Waals surface area contributed by atoms with Crippen LogP contribution in [0.2, 0.25) is 0 Å². The molecule has 172 valence electrons. The fourth-order valence-corrected chi connectivity index (χ4v) is 6.10. The van der Waals surface area contributed by atoms with Crippen LogP contribution in [0.3, 0.4) is 0 Å². The molecule has 0 radical (unpaired) electrons. The van der Waals surface area contributed by atoms with E-state index in [4.69, 9.17) is 0 Å². The van der Waals surface area contributed by atoms with Crippen LogP contribution in [0.1, 0.15) is 61.0 Å². The second-order valence-corrected chi connectivity index (χ2v) is 11.0. The fourth-order valence-electron chi connectivity index (χ4n) is 3.54. The zero-order valence-corrected chi connectivity index (χ0v) is 20.8. The van der Waals surface area contributed by atoms with E-state index >= 15 is 0 Å². The largest absolute Gasteiger partial charge is 0.298 e. The highest BCUT2D eigenvalue weighted by atomic mass is 32.2. The lowest BCUT2D eigenvalue weighted by Gasteiger charge is -2.22. The van der Waals surface area contributed by atoms with Crippen LogP contribution >= 0.6 is 11.3 Å². The third-order valence-electron chi connectivity index (χ3n) is 5.33. The molecule has 0 bridgehead atoms. The molecule has 0 saturated heterocycles. The molecule has 8 heteroatoms. The third-order valence-corrected chi connectivity index (χ3v) is 8.16. The van der Waals surface area contributed by atoms with Gasteiger partial charge in [0.15, 0.2) is 5.13 Å². The Morgan fingerprint density at radius 1 is 1.03 bits per heavy atom. The number of aromatic nitrogens is 1. The van der Waals surface area contributed by atoms with E-state index in [1.54, 1.807) is 16.4 Å². The van der Waals surface area contributed by atoms with Gasteiger partial charge in [0.2, 0.25) is 10.0 Å². The molecule has 0 unspecified atom stereocenters. The molecule has 0 aliphatic carbocycles. The average molecular weight is 474 g/mol. The number of sulfonamides is 1. The number of fused-ring (bicyclic) bond motifs is 1. The number of thiazole rings is 1. The highest BCUT2D eigenvalue weighted by Crippen LogP contribution is 2.29. The van der Waals surface area contributed by atoms with Crippen molar-refractivity contribution >= 4 is 42.6 Å². The summed E-state index contributed by atoms with van der Waals surface area (Å²) in [6.45, 7) is 9.16. The van der Waals surface area contributed by atoms with Crippen LogP contribution < -0.4 is 5.32 Å². The summed E-state index contributed by atoms with van der Waals surface area (Å²) in [7, 11) is -3.58. The van der Waals surface area contributed by atoms with E-state index in [0.717, 1.165) is 47.0 Å². The normalized spacial score (nSPS) is 11.9. The lowest BCUT2D eigenvalue weighted by molar-refractivity contribution is 0.102. The Labute approximate surface area is 194 Å². The van der Waals surface area contributed by atoms with Gasteiger partial charge >= 0.3 is 0 Å². The molecule has 32 heavy (non-hydrogen) atoms. The summed E-state index contributed by atoms with van der Waals surface area (Å²) in [5.74, 6) is -0.309. The maximum absolute atomic E-state index is 13.1. The van der Waals surface area contributed by atoms with Crippen molar-refractivity contribution < 1.29 is 13.2 Å². The molecule has 0 spiro atoms. The monoisotopic (exact) mass is 473 g/mol. The molecule has 2 aromatic carbocycles. The minimum atomic E-state index is -3.58. The number of amides is 1. The standard InChI is InChI=1S/C24H31N3O3S2/c1-5-7-13-27(14-8-6-2)32(29,30)20-11-9-19(10-12-20)23(28)26-24-25-22-18(4)15-17(3)16-21(22)31-24/h9-12,15-16H,5-8,13-14H2,1-4H3,(H,25,26,28). The van der Waals surface area contributed by atoms with E-state index in [1.165, 1.54) is 23.5 Å². The van der Waals surface area contributed by atoms with Crippen LogP contribution in [0.15, 0.2) is 41.3 Å². The Kier molecular flexibility index (Phi) is 8.03. The Bertz CT molecular complexity index is 1180. The van der Waals surface area contributed by atoms with Crippen molar-refractivity contribution in [3.63, 3.8) is 0 Å². The van der Waals surface area contributed by atoms with E-state index in [9.17, 15) is 13.2 Å². The summed E-state index contributed by atoms with van der Waals surface area (Å²) in [6, 6.07) is 10.3. The van der Waals surface area contributed by atoms with Crippen LogP contribution in [0.5, 0.6) is 0 Å². The number of nitrogens with one attached hydrogen (secondary N) is 1. The molecule has 0 saturated carbocycles. The zero-order valence-electron chi connectivity index (χ0n) is 19.1. The first-order valence-corrected chi connectivity index (χ1v) is 13.3. The Balaban J connectivity index is 1.76. The maximum atomic E-state index is 13.1. The van der Waals surface area contributed by atoms with Crippen molar-refractivity contribution in [2.75, 3.05) is 18.4 Å². The minimum absolute atomic E-state index is 0.215. The molecule has 6 nitrogen and oxygen atoms in total. The van der Waals surface area contributed by atoms with Crippen molar-refractivity contribution in [3.8, 4) is 0 Å². The maximum Gasteiger partial charge on any atom is 0.257 e. The number of rotatable bonds is 10. The average Bonchev–Trinajstić information content (AvgIpc) is 3.16.